The number of aromatic amines is 1. The molecule has 100 valence electrons. The SMILES string of the molecule is CCCNCc1cc(=O)[nH]c(-c2ccc(F)cc2)n1. The molecule has 0 fully saturated rings. The van der Waals surface area contributed by atoms with Crippen molar-refractivity contribution in [2.45, 2.75) is 19.9 Å². The topological polar surface area (TPSA) is 57.8 Å². The summed E-state index contributed by atoms with van der Waals surface area (Å²) >= 11 is 0. The summed E-state index contributed by atoms with van der Waals surface area (Å²) < 4.78 is 12.9. The standard InChI is InChI=1S/C14H16FN3O/c1-2-7-16-9-12-8-13(19)18-14(17-12)10-3-5-11(15)6-4-10/h3-6,8,16H,2,7,9H2,1H3,(H,17,18,19). The van der Waals surface area contributed by atoms with Crippen LogP contribution in [-0.2, 0) is 6.54 Å². The number of rotatable bonds is 5. The van der Waals surface area contributed by atoms with Gasteiger partial charge in [-0.3, -0.25) is 4.79 Å². The summed E-state index contributed by atoms with van der Waals surface area (Å²) in [6.45, 7) is 3.49. The molecule has 0 atom stereocenters. The van der Waals surface area contributed by atoms with Gasteiger partial charge in [-0.25, -0.2) is 9.37 Å². The van der Waals surface area contributed by atoms with Crippen LogP contribution >= 0.6 is 0 Å². The monoisotopic (exact) mass is 261 g/mol. The maximum absolute atomic E-state index is 12.9. The molecule has 0 spiro atoms. The first-order valence-electron chi connectivity index (χ1n) is 6.26. The van der Waals surface area contributed by atoms with Gasteiger partial charge in [-0.05, 0) is 37.2 Å². The van der Waals surface area contributed by atoms with E-state index in [0.717, 1.165) is 13.0 Å². The molecule has 0 aliphatic rings. The Morgan fingerprint density at radius 2 is 2.05 bits per heavy atom. The van der Waals surface area contributed by atoms with Crippen LogP contribution in [-0.4, -0.2) is 16.5 Å². The fourth-order valence-corrected chi connectivity index (χ4v) is 1.74. The molecule has 19 heavy (non-hydrogen) atoms. The normalized spacial score (nSPS) is 10.6. The van der Waals surface area contributed by atoms with Gasteiger partial charge in [0.25, 0.3) is 5.56 Å². The van der Waals surface area contributed by atoms with Crippen LogP contribution in [0.1, 0.15) is 19.0 Å². The number of aromatic nitrogens is 2. The summed E-state index contributed by atoms with van der Waals surface area (Å²) in [5.74, 6) is 0.146. The zero-order valence-electron chi connectivity index (χ0n) is 10.7. The first-order chi connectivity index (χ1) is 9.19. The summed E-state index contributed by atoms with van der Waals surface area (Å²) in [7, 11) is 0. The van der Waals surface area contributed by atoms with Gasteiger partial charge < -0.3 is 10.3 Å². The molecule has 0 aliphatic carbocycles. The quantitative estimate of drug-likeness (QED) is 0.810. The molecule has 0 aliphatic heterocycles. The number of hydrogen-bond donors (Lipinski definition) is 2. The highest BCUT2D eigenvalue weighted by Crippen LogP contribution is 2.14. The van der Waals surface area contributed by atoms with Gasteiger partial charge in [0.1, 0.15) is 11.6 Å². The number of H-pyrrole nitrogens is 1. The van der Waals surface area contributed by atoms with E-state index in [4.69, 9.17) is 0 Å². The smallest absolute Gasteiger partial charge is 0.251 e. The highest BCUT2D eigenvalue weighted by atomic mass is 19.1. The Kier molecular flexibility index (Phi) is 4.41. The summed E-state index contributed by atoms with van der Waals surface area (Å²) in [6, 6.07) is 7.35. The molecule has 4 nitrogen and oxygen atoms in total. The van der Waals surface area contributed by atoms with Crippen LogP contribution < -0.4 is 10.9 Å². The van der Waals surface area contributed by atoms with Crippen LogP contribution in [0.3, 0.4) is 0 Å². The van der Waals surface area contributed by atoms with Crippen molar-refractivity contribution >= 4 is 0 Å². The lowest BCUT2D eigenvalue weighted by Crippen LogP contribution is -2.18. The molecule has 1 aromatic heterocycles. The second kappa shape index (κ2) is 6.24. The number of hydrogen-bond acceptors (Lipinski definition) is 3. The molecule has 2 rings (SSSR count). The van der Waals surface area contributed by atoms with Gasteiger partial charge in [0, 0.05) is 18.2 Å². The molecule has 0 amide bonds. The zero-order valence-corrected chi connectivity index (χ0v) is 10.7. The minimum Gasteiger partial charge on any atom is -0.311 e. The second-order valence-electron chi connectivity index (χ2n) is 4.27. The van der Waals surface area contributed by atoms with Crippen molar-refractivity contribution in [2.75, 3.05) is 6.54 Å². The molecule has 0 saturated carbocycles. The Morgan fingerprint density at radius 1 is 1.32 bits per heavy atom. The van der Waals surface area contributed by atoms with Crippen LogP contribution in [0.15, 0.2) is 35.1 Å². The van der Waals surface area contributed by atoms with Crippen LogP contribution in [0.4, 0.5) is 4.39 Å². The Balaban J connectivity index is 2.25. The molecule has 0 saturated heterocycles. The van der Waals surface area contributed by atoms with Gasteiger partial charge in [0.2, 0.25) is 0 Å². The van der Waals surface area contributed by atoms with E-state index in [1.54, 1.807) is 12.1 Å². The molecule has 2 N–H and O–H groups in total. The summed E-state index contributed by atoms with van der Waals surface area (Å²) in [5.41, 5.74) is 1.16. The Hall–Kier alpha value is -2.01. The minimum absolute atomic E-state index is 0.206. The van der Waals surface area contributed by atoms with Gasteiger partial charge in [-0.1, -0.05) is 6.92 Å². The van der Waals surface area contributed by atoms with Crippen molar-refractivity contribution in [3.8, 4) is 11.4 Å². The first kappa shape index (κ1) is 13.4. The zero-order chi connectivity index (χ0) is 13.7. The van der Waals surface area contributed by atoms with Gasteiger partial charge in [-0.2, -0.15) is 0 Å². The first-order valence-corrected chi connectivity index (χ1v) is 6.26. The predicted octanol–water partition coefficient (Wildman–Crippen LogP) is 2.08. The van der Waals surface area contributed by atoms with E-state index >= 15 is 0 Å². The van der Waals surface area contributed by atoms with E-state index in [9.17, 15) is 9.18 Å². The van der Waals surface area contributed by atoms with E-state index in [2.05, 4.69) is 22.2 Å². The van der Waals surface area contributed by atoms with Gasteiger partial charge >= 0.3 is 0 Å². The van der Waals surface area contributed by atoms with Crippen LogP contribution in [0.2, 0.25) is 0 Å². The minimum atomic E-state index is -0.313. The lowest BCUT2D eigenvalue weighted by molar-refractivity contribution is 0.628. The highest BCUT2D eigenvalue weighted by molar-refractivity contribution is 5.54. The van der Waals surface area contributed by atoms with Crippen LogP contribution in [0.25, 0.3) is 11.4 Å². The lowest BCUT2D eigenvalue weighted by atomic mass is 10.2. The molecule has 0 radical (unpaired) electrons. The summed E-state index contributed by atoms with van der Waals surface area (Å²) in [4.78, 5) is 18.6. The van der Waals surface area contributed by atoms with Crippen molar-refractivity contribution < 1.29 is 4.39 Å². The average Bonchev–Trinajstić information content (AvgIpc) is 2.39. The van der Waals surface area contributed by atoms with E-state index in [1.807, 2.05) is 0 Å². The van der Waals surface area contributed by atoms with Crippen molar-refractivity contribution in [3.63, 3.8) is 0 Å². The maximum atomic E-state index is 12.9. The molecular formula is C14H16FN3O. The van der Waals surface area contributed by atoms with Gasteiger partial charge in [-0.15, -0.1) is 0 Å². The number of nitrogens with zero attached hydrogens (tertiary/aromatic N) is 1. The molecule has 5 heteroatoms. The Morgan fingerprint density at radius 3 is 2.74 bits per heavy atom. The molecular weight excluding hydrogens is 245 g/mol. The second-order valence-corrected chi connectivity index (χ2v) is 4.27. The van der Waals surface area contributed by atoms with Crippen molar-refractivity contribution in [1.82, 2.24) is 15.3 Å². The average molecular weight is 261 g/mol. The van der Waals surface area contributed by atoms with Crippen molar-refractivity contribution in [2.24, 2.45) is 0 Å². The van der Waals surface area contributed by atoms with E-state index in [-0.39, 0.29) is 11.4 Å². The van der Waals surface area contributed by atoms with E-state index in [0.29, 0.717) is 23.6 Å². The molecule has 0 unspecified atom stereocenters. The molecule has 1 heterocycles. The lowest BCUT2D eigenvalue weighted by Gasteiger charge is -2.05. The fourth-order valence-electron chi connectivity index (χ4n) is 1.74. The Labute approximate surface area is 110 Å². The fraction of sp³-hybridized carbons (Fsp3) is 0.286. The molecule has 2 aromatic rings. The third-order valence-electron chi connectivity index (χ3n) is 2.65. The summed E-state index contributed by atoms with van der Waals surface area (Å²) in [6.07, 6.45) is 1.02. The largest absolute Gasteiger partial charge is 0.311 e. The van der Waals surface area contributed by atoms with Gasteiger partial charge in [0.05, 0.1) is 5.69 Å². The summed E-state index contributed by atoms with van der Waals surface area (Å²) in [5, 5.41) is 3.19. The number of nitrogens with one attached hydrogen (secondary N) is 2. The van der Waals surface area contributed by atoms with E-state index in [1.165, 1.54) is 18.2 Å². The highest BCUT2D eigenvalue weighted by Gasteiger charge is 2.04. The maximum Gasteiger partial charge on any atom is 0.251 e. The van der Waals surface area contributed by atoms with Crippen LogP contribution in [0, 0.1) is 5.82 Å². The number of benzene rings is 1. The van der Waals surface area contributed by atoms with Crippen molar-refractivity contribution in [3.05, 3.63) is 52.2 Å². The van der Waals surface area contributed by atoms with Crippen molar-refractivity contribution in [1.29, 1.82) is 0 Å². The van der Waals surface area contributed by atoms with E-state index < -0.39 is 0 Å². The number of halogens is 1. The Bertz CT molecular complexity index is 592. The third-order valence-corrected chi connectivity index (χ3v) is 2.65. The molecule has 1 aromatic carbocycles. The third kappa shape index (κ3) is 3.72. The van der Waals surface area contributed by atoms with Crippen LogP contribution in [0.5, 0.6) is 0 Å². The van der Waals surface area contributed by atoms with Gasteiger partial charge in [0.15, 0.2) is 0 Å². The predicted molar refractivity (Wildman–Crippen MR) is 72.2 cm³/mol. The molecule has 0 bridgehead atoms.